The van der Waals surface area contributed by atoms with Crippen LogP contribution in [0.4, 0.5) is 0 Å². The number of carbonyl (C=O) groups is 1. The first kappa shape index (κ1) is 20.1. The highest BCUT2D eigenvalue weighted by atomic mass is 32.2. The summed E-state index contributed by atoms with van der Waals surface area (Å²) in [6.45, 7) is 2.35. The number of rotatable bonds is 6. The second-order valence-electron chi connectivity index (χ2n) is 7.93. The van der Waals surface area contributed by atoms with Crippen LogP contribution in [-0.2, 0) is 10.0 Å². The lowest BCUT2D eigenvalue weighted by Gasteiger charge is -2.31. The Kier molecular flexibility index (Phi) is 5.72. The molecule has 0 bridgehead atoms. The first-order valence-electron chi connectivity index (χ1n) is 10.1. The Morgan fingerprint density at radius 3 is 2.34 bits per heavy atom. The molecular weight excluding hydrogens is 386 g/mol. The molecule has 0 aromatic heterocycles. The van der Waals surface area contributed by atoms with E-state index in [2.05, 4.69) is 10.2 Å². The minimum Gasteiger partial charge on any atom is -0.345 e. The van der Waals surface area contributed by atoms with Gasteiger partial charge in [0.25, 0.3) is 5.91 Å². The van der Waals surface area contributed by atoms with Gasteiger partial charge in [0.1, 0.15) is 0 Å². The van der Waals surface area contributed by atoms with Gasteiger partial charge in [-0.15, -0.1) is 0 Å². The van der Waals surface area contributed by atoms with Crippen molar-refractivity contribution < 1.29 is 13.2 Å². The fourth-order valence-corrected chi connectivity index (χ4v) is 5.23. The first-order valence-corrected chi connectivity index (χ1v) is 11.5. The van der Waals surface area contributed by atoms with Gasteiger partial charge in [0.05, 0.1) is 10.9 Å². The maximum Gasteiger partial charge on any atom is 0.251 e. The standard InChI is InChI=1S/C22H27N3O3S/c1-24-12-14-25(15-13-24)29(27,28)20-9-5-8-19(16-20)22(26)23-21(18-10-11-18)17-6-3-2-4-7-17/h2-9,16,18,21H,10-15H2,1H3,(H,23,26). The zero-order valence-electron chi connectivity index (χ0n) is 16.6. The molecule has 2 aliphatic rings. The van der Waals surface area contributed by atoms with Crippen molar-refractivity contribution in [1.82, 2.24) is 14.5 Å². The topological polar surface area (TPSA) is 69.7 Å². The third-order valence-electron chi connectivity index (χ3n) is 5.73. The highest BCUT2D eigenvalue weighted by Gasteiger charge is 2.34. The number of carbonyl (C=O) groups excluding carboxylic acids is 1. The van der Waals surface area contributed by atoms with Crippen LogP contribution >= 0.6 is 0 Å². The number of amides is 1. The lowest BCUT2D eigenvalue weighted by atomic mass is 10.0. The van der Waals surface area contributed by atoms with Crippen LogP contribution < -0.4 is 5.32 Å². The summed E-state index contributed by atoms with van der Waals surface area (Å²) in [7, 11) is -1.62. The van der Waals surface area contributed by atoms with Crippen LogP contribution in [0, 0.1) is 5.92 Å². The van der Waals surface area contributed by atoms with E-state index in [1.54, 1.807) is 18.2 Å². The largest absolute Gasteiger partial charge is 0.345 e. The SMILES string of the molecule is CN1CCN(S(=O)(=O)c2cccc(C(=O)NC(c3ccccc3)C3CC3)c2)CC1. The summed E-state index contributed by atoms with van der Waals surface area (Å²) < 4.78 is 27.5. The molecule has 1 atom stereocenters. The van der Waals surface area contributed by atoms with Crippen LogP contribution in [0.5, 0.6) is 0 Å². The van der Waals surface area contributed by atoms with E-state index in [-0.39, 0.29) is 16.8 Å². The van der Waals surface area contributed by atoms with E-state index < -0.39 is 10.0 Å². The van der Waals surface area contributed by atoms with Gasteiger partial charge in [-0.2, -0.15) is 4.31 Å². The van der Waals surface area contributed by atoms with Crippen molar-refractivity contribution in [3.05, 3.63) is 65.7 Å². The van der Waals surface area contributed by atoms with Gasteiger partial charge in [0, 0.05) is 31.7 Å². The van der Waals surface area contributed by atoms with Gasteiger partial charge in [-0.25, -0.2) is 8.42 Å². The molecule has 1 saturated heterocycles. The number of nitrogens with one attached hydrogen (secondary N) is 1. The van der Waals surface area contributed by atoms with E-state index in [9.17, 15) is 13.2 Å². The summed E-state index contributed by atoms with van der Waals surface area (Å²) in [5, 5.41) is 3.12. The molecule has 154 valence electrons. The van der Waals surface area contributed by atoms with Gasteiger partial charge in [-0.3, -0.25) is 4.79 Å². The van der Waals surface area contributed by atoms with E-state index in [4.69, 9.17) is 0 Å². The average molecular weight is 414 g/mol. The minimum atomic E-state index is -3.60. The van der Waals surface area contributed by atoms with E-state index in [1.807, 2.05) is 37.4 Å². The van der Waals surface area contributed by atoms with Crippen molar-refractivity contribution in [2.45, 2.75) is 23.8 Å². The summed E-state index contributed by atoms with van der Waals surface area (Å²) in [5.74, 6) is 0.208. The lowest BCUT2D eigenvalue weighted by molar-refractivity contribution is 0.0931. The molecule has 6 nitrogen and oxygen atoms in total. The molecule has 1 aliphatic carbocycles. The summed E-state index contributed by atoms with van der Waals surface area (Å²) in [6, 6.07) is 16.3. The zero-order chi connectivity index (χ0) is 20.4. The highest BCUT2D eigenvalue weighted by molar-refractivity contribution is 7.89. The number of piperazine rings is 1. The molecule has 7 heteroatoms. The molecule has 1 aliphatic heterocycles. The van der Waals surface area contributed by atoms with Crippen LogP contribution in [0.15, 0.2) is 59.5 Å². The molecule has 29 heavy (non-hydrogen) atoms. The summed E-state index contributed by atoms with van der Waals surface area (Å²) >= 11 is 0. The van der Waals surface area contributed by atoms with Crippen molar-refractivity contribution in [2.24, 2.45) is 5.92 Å². The normalized spacial score (nSPS) is 19.6. The smallest absolute Gasteiger partial charge is 0.251 e. The Labute approximate surface area is 172 Å². The molecule has 4 rings (SSSR count). The predicted molar refractivity (Wildman–Crippen MR) is 112 cm³/mol. The fraction of sp³-hybridized carbons (Fsp3) is 0.409. The second kappa shape index (κ2) is 8.26. The van der Waals surface area contributed by atoms with E-state index in [1.165, 1.54) is 10.4 Å². The maximum atomic E-state index is 13.0. The number of sulfonamides is 1. The van der Waals surface area contributed by atoms with Crippen LogP contribution in [0.2, 0.25) is 0 Å². The summed E-state index contributed by atoms with van der Waals surface area (Å²) in [6.07, 6.45) is 2.19. The zero-order valence-corrected chi connectivity index (χ0v) is 17.4. The Balaban J connectivity index is 1.53. The quantitative estimate of drug-likeness (QED) is 0.790. The van der Waals surface area contributed by atoms with Crippen molar-refractivity contribution in [1.29, 1.82) is 0 Å². The van der Waals surface area contributed by atoms with Gasteiger partial charge in [-0.1, -0.05) is 36.4 Å². The molecule has 1 amide bonds. The highest BCUT2D eigenvalue weighted by Crippen LogP contribution is 2.41. The summed E-state index contributed by atoms with van der Waals surface area (Å²) in [5.41, 5.74) is 1.46. The third-order valence-corrected chi connectivity index (χ3v) is 7.63. The number of hydrogen-bond donors (Lipinski definition) is 1. The molecule has 2 aromatic rings. The molecule has 1 N–H and O–H groups in total. The molecule has 0 radical (unpaired) electrons. The molecule has 2 aromatic carbocycles. The lowest BCUT2D eigenvalue weighted by Crippen LogP contribution is -2.47. The van der Waals surface area contributed by atoms with Crippen molar-refractivity contribution in [2.75, 3.05) is 33.2 Å². The van der Waals surface area contributed by atoms with Crippen molar-refractivity contribution in [3.63, 3.8) is 0 Å². The average Bonchev–Trinajstić information content (AvgIpc) is 3.58. The summed E-state index contributed by atoms with van der Waals surface area (Å²) in [4.78, 5) is 15.2. The third kappa shape index (κ3) is 4.52. The number of benzene rings is 2. The van der Waals surface area contributed by atoms with E-state index in [0.717, 1.165) is 18.4 Å². The van der Waals surface area contributed by atoms with E-state index in [0.29, 0.717) is 37.7 Å². The predicted octanol–water partition coefficient (Wildman–Crippen LogP) is 2.50. The van der Waals surface area contributed by atoms with Gasteiger partial charge >= 0.3 is 0 Å². The monoisotopic (exact) mass is 413 g/mol. The molecule has 0 spiro atoms. The van der Waals surface area contributed by atoms with Crippen LogP contribution in [-0.4, -0.2) is 56.8 Å². The molecule has 1 saturated carbocycles. The van der Waals surface area contributed by atoms with Crippen LogP contribution in [0.1, 0.15) is 34.8 Å². The Hall–Kier alpha value is -2.22. The first-order chi connectivity index (χ1) is 13.9. The Morgan fingerprint density at radius 1 is 1.00 bits per heavy atom. The van der Waals surface area contributed by atoms with Crippen molar-refractivity contribution in [3.8, 4) is 0 Å². The second-order valence-corrected chi connectivity index (χ2v) is 9.87. The Morgan fingerprint density at radius 2 is 1.69 bits per heavy atom. The van der Waals surface area contributed by atoms with Gasteiger partial charge in [-0.05, 0) is 49.6 Å². The Bertz CT molecular complexity index is 966. The van der Waals surface area contributed by atoms with Gasteiger partial charge in [0.2, 0.25) is 10.0 Å². The van der Waals surface area contributed by atoms with Gasteiger partial charge < -0.3 is 10.2 Å². The van der Waals surface area contributed by atoms with E-state index >= 15 is 0 Å². The molecular formula is C22H27N3O3S. The minimum absolute atomic E-state index is 0.0402. The van der Waals surface area contributed by atoms with Gasteiger partial charge in [0.15, 0.2) is 0 Å². The molecule has 1 heterocycles. The molecule has 1 unspecified atom stereocenters. The number of hydrogen-bond acceptors (Lipinski definition) is 4. The van der Waals surface area contributed by atoms with Crippen LogP contribution in [0.3, 0.4) is 0 Å². The fourth-order valence-electron chi connectivity index (χ4n) is 3.76. The number of likely N-dealkylation sites (N-methyl/N-ethyl adjacent to an activating group) is 1. The van der Waals surface area contributed by atoms with Crippen LogP contribution in [0.25, 0.3) is 0 Å². The van der Waals surface area contributed by atoms with Crippen molar-refractivity contribution >= 4 is 15.9 Å². The molecule has 2 fully saturated rings. The number of nitrogens with zero attached hydrogens (tertiary/aromatic N) is 2. The maximum absolute atomic E-state index is 13.0.